The molecule has 0 spiro atoms. The van der Waals surface area contributed by atoms with Gasteiger partial charge in [0.2, 0.25) is 11.8 Å². The fraction of sp³-hybridized carbons (Fsp3) is 0.800. The lowest BCUT2D eigenvalue weighted by atomic mass is 9.92. The van der Waals surface area contributed by atoms with Crippen molar-refractivity contribution in [1.29, 1.82) is 0 Å². The summed E-state index contributed by atoms with van der Waals surface area (Å²) in [5, 5.41) is 5.20. The van der Waals surface area contributed by atoms with Crippen molar-refractivity contribution in [3.63, 3.8) is 0 Å². The third kappa shape index (κ3) is 5.37. The highest BCUT2D eigenvalue weighted by atomic mass is 16.5. The summed E-state index contributed by atoms with van der Waals surface area (Å²) in [7, 11) is 1.58. The van der Waals surface area contributed by atoms with Crippen molar-refractivity contribution in [3.05, 3.63) is 0 Å². The van der Waals surface area contributed by atoms with Crippen molar-refractivity contribution in [2.24, 2.45) is 5.41 Å². The van der Waals surface area contributed by atoms with Crippen molar-refractivity contribution >= 4 is 11.8 Å². The van der Waals surface area contributed by atoms with E-state index in [-0.39, 0.29) is 18.4 Å². The second-order valence-corrected chi connectivity index (χ2v) is 3.88. The van der Waals surface area contributed by atoms with Gasteiger partial charge in [0, 0.05) is 20.2 Å². The van der Waals surface area contributed by atoms with Crippen LogP contribution < -0.4 is 10.6 Å². The first-order valence-corrected chi connectivity index (χ1v) is 5.00. The van der Waals surface area contributed by atoms with Crippen LogP contribution in [0.3, 0.4) is 0 Å². The van der Waals surface area contributed by atoms with Crippen molar-refractivity contribution in [3.8, 4) is 0 Å². The van der Waals surface area contributed by atoms with E-state index >= 15 is 0 Å². The van der Waals surface area contributed by atoms with Crippen LogP contribution in [0.15, 0.2) is 0 Å². The molecule has 5 nitrogen and oxygen atoms in total. The average molecular weight is 216 g/mol. The summed E-state index contributed by atoms with van der Waals surface area (Å²) in [6.45, 7) is 6.21. The molecule has 0 fully saturated rings. The van der Waals surface area contributed by atoms with Gasteiger partial charge in [-0.1, -0.05) is 0 Å². The number of ether oxygens (including phenoxy) is 1. The molecule has 0 heterocycles. The van der Waals surface area contributed by atoms with Gasteiger partial charge >= 0.3 is 0 Å². The van der Waals surface area contributed by atoms with Gasteiger partial charge in [-0.05, 0) is 20.8 Å². The molecule has 15 heavy (non-hydrogen) atoms. The Bertz CT molecular complexity index is 227. The normalized spacial score (nSPS) is 10.9. The van der Waals surface area contributed by atoms with Gasteiger partial charge in [0.05, 0.1) is 5.41 Å². The Kier molecular flexibility index (Phi) is 5.93. The Morgan fingerprint density at radius 1 is 1.33 bits per heavy atom. The monoisotopic (exact) mass is 216 g/mol. The third-order valence-corrected chi connectivity index (χ3v) is 2.01. The van der Waals surface area contributed by atoms with Crippen LogP contribution in [0.1, 0.15) is 20.8 Å². The molecule has 0 radical (unpaired) electrons. The molecule has 2 N–H and O–H groups in total. The minimum absolute atomic E-state index is 0.0420. The Morgan fingerprint density at radius 2 is 1.93 bits per heavy atom. The number of amides is 2. The van der Waals surface area contributed by atoms with Gasteiger partial charge in [-0.25, -0.2) is 0 Å². The number of rotatable bonds is 6. The first-order valence-electron chi connectivity index (χ1n) is 5.00. The zero-order chi connectivity index (χ0) is 11.9. The van der Waals surface area contributed by atoms with E-state index in [9.17, 15) is 9.59 Å². The zero-order valence-corrected chi connectivity index (χ0v) is 9.85. The second kappa shape index (κ2) is 6.40. The zero-order valence-electron chi connectivity index (χ0n) is 9.85. The van der Waals surface area contributed by atoms with Crippen LogP contribution in [0.4, 0.5) is 0 Å². The molecule has 0 aromatic heterocycles. The average Bonchev–Trinajstić information content (AvgIpc) is 2.22. The molecule has 2 amide bonds. The Morgan fingerprint density at radius 3 is 2.40 bits per heavy atom. The molecule has 0 rings (SSSR count). The SMILES string of the molecule is CCOCC(=O)NCC(C)(C)C(=O)NC. The van der Waals surface area contributed by atoms with Gasteiger partial charge in [-0.15, -0.1) is 0 Å². The quantitative estimate of drug-likeness (QED) is 0.652. The van der Waals surface area contributed by atoms with Crippen molar-refractivity contribution in [2.45, 2.75) is 20.8 Å². The highest BCUT2D eigenvalue weighted by molar-refractivity contribution is 5.83. The first kappa shape index (κ1) is 13.9. The standard InChI is InChI=1S/C10H20N2O3/c1-5-15-6-8(13)12-7-10(2,3)9(14)11-4/h5-7H2,1-4H3,(H,11,14)(H,12,13). The number of hydrogen-bond acceptors (Lipinski definition) is 3. The lowest BCUT2D eigenvalue weighted by Gasteiger charge is -2.22. The summed E-state index contributed by atoms with van der Waals surface area (Å²) in [5.41, 5.74) is -0.601. The van der Waals surface area contributed by atoms with Gasteiger partial charge in [0.15, 0.2) is 0 Å². The fourth-order valence-corrected chi connectivity index (χ4v) is 0.984. The van der Waals surface area contributed by atoms with Crippen LogP contribution in [-0.4, -0.2) is 38.6 Å². The maximum atomic E-state index is 11.4. The summed E-state index contributed by atoms with van der Waals surface area (Å²) in [6.07, 6.45) is 0. The molecule has 0 saturated carbocycles. The van der Waals surface area contributed by atoms with Gasteiger partial charge in [0.25, 0.3) is 0 Å². The first-order chi connectivity index (χ1) is 6.94. The third-order valence-electron chi connectivity index (χ3n) is 2.01. The van der Waals surface area contributed by atoms with Gasteiger partial charge in [0.1, 0.15) is 6.61 Å². The molecule has 0 aliphatic heterocycles. The second-order valence-electron chi connectivity index (χ2n) is 3.88. The topological polar surface area (TPSA) is 67.4 Å². The Labute approximate surface area is 90.6 Å². The molecule has 0 saturated heterocycles. The summed E-state index contributed by atoms with van der Waals surface area (Å²) < 4.78 is 4.93. The lowest BCUT2D eigenvalue weighted by molar-refractivity contribution is -0.130. The predicted octanol–water partition coefficient (Wildman–Crippen LogP) is -0.0887. The van der Waals surface area contributed by atoms with Crippen LogP contribution in [0.25, 0.3) is 0 Å². The minimum Gasteiger partial charge on any atom is -0.372 e. The summed E-state index contributed by atoms with van der Waals surface area (Å²) in [5.74, 6) is -0.298. The largest absolute Gasteiger partial charge is 0.372 e. The number of carbonyl (C=O) groups excluding carboxylic acids is 2. The van der Waals surface area contributed by atoms with E-state index < -0.39 is 5.41 Å². The number of nitrogens with one attached hydrogen (secondary N) is 2. The molecule has 0 atom stereocenters. The van der Waals surface area contributed by atoms with Crippen LogP contribution in [-0.2, 0) is 14.3 Å². The molecule has 0 aromatic carbocycles. The highest BCUT2D eigenvalue weighted by Gasteiger charge is 2.26. The van der Waals surface area contributed by atoms with E-state index in [1.54, 1.807) is 20.9 Å². The smallest absolute Gasteiger partial charge is 0.246 e. The maximum Gasteiger partial charge on any atom is 0.246 e. The van der Waals surface area contributed by atoms with Crippen LogP contribution in [0.5, 0.6) is 0 Å². The number of carbonyl (C=O) groups is 2. The molecule has 5 heteroatoms. The van der Waals surface area contributed by atoms with Crippen molar-refractivity contribution in [1.82, 2.24) is 10.6 Å². The van der Waals surface area contributed by atoms with Crippen LogP contribution >= 0.6 is 0 Å². The van der Waals surface area contributed by atoms with E-state index in [0.717, 1.165) is 0 Å². The lowest BCUT2D eigenvalue weighted by Crippen LogP contribution is -2.44. The van der Waals surface area contributed by atoms with Crippen LogP contribution in [0.2, 0.25) is 0 Å². The van der Waals surface area contributed by atoms with Crippen molar-refractivity contribution < 1.29 is 14.3 Å². The van der Waals surface area contributed by atoms with Crippen LogP contribution in [0, 0.1) is 5.41 Å². The van der Waals surface area contributed by atoms with E-state index in [0.29, 0.717) is 13.2 Å². The van der Waals surface area contributed by atoms with Crippen molar-refractivity contribution in [2.75, 3.05) is 26.8 Å². The summed E-state index contributed by atoms with van der Waals surface area (Å²) in [4.78, 5) is 22.6. The predicted molar refractivity (Wildman–Crippen MR) is 57.4 cm³/mol. The highest BCUT2D eigenvalue weighted by Crippen LogP contribution is 2.12. The van der Waals surface area contributed by atoms with E-state index in [2.05, 4.69) is 10.6 Å². The minimum atomic E-state index is -0.601. The number of hydrogen-bond donors (Lipinski definition) is 2. The van der Waals surface area contributed by atoms with E-state index in [1.165, 1.54) is 0 Å². The molecule has 0 bridgehead atoms. The Hall–Kier alpha value is -1.10. The molecule has 0 aliphatic rings. The molecule has 0 aliphatic carbocycles. The van der Waals surface area contributed by atoms with Gasteiger partial charge in [-0.3, -0.25) is 9.59 Å². The Balaban J connectivity index is 3.92. The summed E-state index contributed by atoms with van der Waals surface area (Å²) in [6, 6.07) is 0. The molecule has 0 aromatic rings. The van der Waals surface area contributed by atoms with E-state index in [1.807, 2.05) is 6.92 Å². The van der Waals surface area contributed by atoms with Gasteiger partial charge in [-0.2, -0.15) is 0 Å². The maximum absolute atomic E-state index is 11.4. The molecular formula is C10H20N2O3. The molecular weight excluding hydrogens is 196 g/mol. The summed E-state index contributed by atoms with van der Waals surface area (Å²) >= 11 is 0. The molecule has 0 unspecified atom stereocenters. The fourth-order valence-electron chi connectivity index (χ4n) is 0.984. The van der Waals surface area contributed by atoms with E-state index in [4.69, 9.17) is 4.74 Å². The molecule has 88 valence electrons. The van der Waals surface area contributed by atoms with Gasteiger partial charge < -0.3 is 15.4 Å².